The van der Waals surface area contributed by atoms with Gasteiger partial charge in [0.2, 0.25) is 0 Å². The van der Waals surface area contributed by atoms with Crippen molar-refractivity contribution in [1.82, 2.24) is 9.88 Å². The summed E-state index contributed by atoms with van der Waals surface area (Å²) in [6.45, 7) is 7.33. The second kappa shape index (κ2) is 7.21. The Morgan fingerprint density at radius 3 is 2.83 bits per heavy atom. The van der Waals surface area contributed by atoms with Gasteiger partial charge in [0.05, 0.1) is 6.10 Å². The van der Waals surface area contributed by atoms with Gasteiger partial charge in [-0.3, -0.25) is 4.79 Å². The summed E-state index contributed by atoms with van der Waals surface area (Å²) in [5.74, 6) is 0.317. The fraction of sp³-hybridized carbons (Fsp3) is 0.643. The molecule has 1 aromatic heterocycles. The van der Waals surface area contributed by atoms with Gasteiger partial charge in [-0.15, -0.1) is 0 Å². The minimum Gasteiger partial charge on any atom is -0.391 e. The maximum Gasteiger partial charge on any atom is 0.267 e. The third-order valence-corrected chi connectivity index (χ3v) is 2.77. The zero-order valence-corrected chi connectivity index (χ0v) is 11.5. The molecule has 1 amide bonds. The summed E-state index contributed by atoms with van der Waals surface area (Å²) in [5.41, 5.74) is 0.661. The number of aromatic nitrogens is 1. The molecule has 0 fully saturated rings. The second-order valence-electron chi connectivity index (χ2n) is 5.08. The Morgan fingerprint density at radius 2 is 2.22 bits per heavy atom. The van der Waals surface area contributed by atoms with E-state index in [2.05, 4.69) is 26.1 Å². The topological polar surface area (TPSA) is 54.3 Å². The van der Waals surface area contributed by atoms with Crippen LogP contribution < -0.4 is 5.32 Å². The fourth-order valence-electron chi connectivity index (χ4n) is 1.98. The molecule has 2 N–H and O–H groups in total. The Hall–Kier alpha value is -1.29. The standard InChI is InChI=1S/C14H24N2O2/c1-4-7-16-8-5-6-13(16)14(18)15-10-12(17)9-11(2)3/h5-6,8,11-12,17H,4,7,9-10H2,1-3H3,(H,15,18). The Balaban J connectivity index is 2.47. The van der Waals surface area contributed by atoms with E-state index in [1.165, 1.54) is 0 Å². The van der Waals surface area contributed by atoms with Crippen LogP contribution in [-0.4, -0.2) is 28.2 Å². The van der Waals surface area contributed by atoms with E-state index in [1.807, 2.05) is 16.8 Å². The zero-order valence-electron chi connectivity index (χ0n) is 11.5. The number of carbonyl (C=O) groups is 1. The van der Waals surface area contributed by atoms with Crippen molar-refractivity contribution in [3.8, 4) is 0 Å². The molecule has 4 nitrogen and oxygen atoms in total. The largest absolute Gasteiger partial charge is 0.391 e. The number of nitrogens with one attached hydrogen (secondary N) is 1. The Labute approximate surface area is 109 Å². The third-order valence-electron chi connectivity index (χ3n) is 2.77. The molecular formula is C14H24N2O2. The van der Waals surface area contributed by atoms with E-state index in [9.17, 15) is 9.90 Å². The van der Waals surface area contributed by atoms with Gasteiger partial charge in [-0.2, -0.15) is 0 Å². The molecule has 1 atom stereocenters. The Bertz CT molecular complexity index is 372. The highest BCUT2D eigenvalue weighted by atomic mass is 16.3. The van der Waals surface area contributed by atoms with Crippen LogP contribution >= 0.6 is 0 Å². The molecular weight excluding hydrogens is 228 g/mol. The molecule has 0 aliphatic rings. The lowest BCUT2D eigenvalue weighted by Crippen LogP contribution is -2.33. The van der Waals surface area contributed by atoms with Crippen molar-refractivity contribution in [1.29, 1.82) is 0 Å². The Morgan fingerprint density at radius 1 is 1.50 bits per heavy atom. The van der Waals surface area contributed by atoms with Gasteiger partial charge in [-0.05, 0) is 30.9 Å². The SMILES string of the molecule is CCCn1cccc1C(=O)NCC(O)CC(C)C. The monoisotopic (exact) mass is 252 g/mol. The van der Waals surface area contributed by atoms with E-state index in [0.717, 1.165) is 13.0 Å². The van der Waals surface area contributed by atoms with Gasteiger partial charge >= 0.3 is 0 Å². The minimum atomic E-state index is -0.469. The van der Waals surface area contributed by atoms with Crippen LogP contribution in [0.4, 0.5) is 0 Å². The first-order valence-corrected chi connectivity index (χ1v) is 6.66. The summed E-state index contributed by atoms with van der Waals surface area (Å²) >= 11 is 0. The van der Waals surface area contributed by atoms with Crippen molar-refractivity contribution in [2.45, 2.75) is 46.3 Å². The first-order valence-electron chi connectivity index (χ1n) is 6.66. The molecule has 1 heterocycles. The number of aliphatic hydroxyl groups is 1. The van der Waals surface area contributed by atoms with E-state index in [0.29, 0.717) is 24.6 Å². The van der Waals surface area contributed by atoms with Crippen molar-refractivity contribution in [2.24, 2.45) is 5.92 Å². The molecule has 0 saturated carbocycles. The number of rotatable bonds is 7. The lowest BCUT2D eigenvalue weighted by Gasteiger charge is -2.14. The predicted octanol–water partition coefficient (Wildman–Crippen LogP) is 2.03. The normalized spacial score (nSPS) is 12.7. The smallest absolute Gasteiger partial charge is 0.267 e. The maximum absolute atomic E-state index is 11.9. The molecule has 0 spiro atoms. The van der Waals surface area contributed by atoms with Gasteiger partial charge < -0.3 is 15.0 Å². The summed E-state index contributed by atoms with van der Waals surface area (Å²) in [4.78, 5) is 11.9. The van der Waals surface area contributed by atoms with Crippen molar-refractivity contribution in [3.05, 3.63) is 24.0 Å². The summed E-state index contributed by atoms with van der Waals surface area (Å²) in [5, 5.41) is 12.5. The van der Waals surface area contributed by atoms with Crippen LogP contribution in [0.15, 0.2) is 18.3 Å². The molecule has 0 aromatic carbocycles. The lowest BCUT2D eigenvalue weighted by atomic mass is 10.1. The number of aliphatic hydroxyl groups excluding tert-OH is 1. The highest BCUT2D eigenvalue weighted by Crippen LogP contribution is 2.05. The van der Waals surface area contributed by atoms with Crippen LogP contribution in [0.3, 0.4) is 0 Å². The summed E-state index contributed by atoms with van der Waals surface area (Å²) in [7, 11) is 0. The van der Waals surface area contributed by atoms with E-state index in [-0.39, 0.29) is 5.91 Å². The highest BCUT2D eigenvalue weighted by Gasteiger charge is 2.12. The molecule has 102 valence electrons. The molecule has 1 aromatic rings. The van der Waals surface area contributed by atoms with Crippen LogP contribution in [-0.2, 0) is 6.54 Å². The van der Waals surface area contributed by atoms with Crippen LogP contribution in [0, 0.1) is 5.92 Å². The van der Waals surface area contributed by atoms with Gasteiger partial charge in [0.1, 0.15) is 5.69 Å². The molecule has 0 saturated heterocycles. The molecule has 4 heteroatoms. The molecule has 0 bridgehead atoms. The van der Waals surface area contributed by atoms with Gasteiger partial charge in [0.15, 0.2) is 0 Å². The molecule has 0 radical (unpaired) electrons. The average Bonchev–Trinajstić information content (AvgIpc) is 2.74. The summed E-state index contributed by atoms with van der Waals surface area (Å²) < 4.78 is 1.93. The quantitative estimate of drug-likeness (QED) is 0.780. The van der Waals surface area contributed by atoms with Crippen LogP contribution in [0.2, 0.25) is 0 Å². The van der Waals surface area contributed by atoms with E-state index >= 15 is 0 Å². The molecule has 18 heavy (non-hydrogen) atoms. The highest BCUT2D eigenvalue weighted by molar-refractivity contribution is 5.92. The molecule has 1 rings (SSSR count). The van der Waals surface area contributed by atoms with Gasteiger partial charge in [-0.25, -0.2) is 0 Å². The number of hydrogen-bond donors (Lipinski definition) is 2. The van der Waals surface area contributed by atoms with Gasteiger partial charge in [0.25, 0.3) is 5.91 Å². The van der Waals surface area contributed by atoms with Crippen LogP contribution in [0.25, 0.3) is 0 Å². The number of nitrogens with zero attached hydrogens (tertiary/aromatic N) is 1. The number of hydrogen-bond acceptors (Lipinski definition) is 2. The fourth-order valence-corrected chi connectivity index (χ4v) is 1.98. The van der Waals surface area contributed by atoms with Crippen LogP contribution in [0.1, 0.15) is 44.1 Å². The average molecular weight is 252 g/mol. The Kier molecular flexibility index (Phi) is 5.92. The van der Waals surface area contributed by atoms with Crippen molar-refractivity contribution in [2.75, 3.05) is 6.54 Å². The molecule has 0 aliphatic heterocycles. The van der Waals surface area contributed by atoms with Crippen LogP contribution in [0.5, 0.6) is 0 Å². The summed E-state index contributed by atoms with van der Waals surface area (Å²) in [6.07, 6.45) is 3.13. The number of amides is 1. The summed E-state index contributed by atoms with van der Waals surface area (Å²) in [6, 6.07) is 3.68. The first-order chi connectivity index (χ1) is 8.54. The first kappa shape index (κ1) is 14.8. The van der Waals surface area contributed by atoms with Crippen molar-refractivity contribution >= 4 is 5.91 Å². The van der Waals surface area contributed by atoms with Crippen molar-refractivity contribution in [3.63, 3.8) is 0 Å². The zero-order chi connectivity index (χ0) is 13.5. The molecule has 0 aliphatic carbocycles. The number of carbonyl (C=O) groups excluding carboxylic acids is 1. The molecule has 1 unspecified atom stereocenters. The van der Waals surface area contributed by atoms with Gasteiger partial charge in [0, 0.05) is 19.3 Å². The maximum atomic E-state index is 11.9. The second-order valence-corrected chi connectivity index (χ2v) is 5.08. The predicted molar refractivity (Wildman–Crippen MR) is 72.5 cm³/mol. The minimum absolute atomic E-state index is 0.115. The lowest BCUT2D eigenvalue weighted by molar-refractivity contribution is 0.0891. The van der Waals surface area contributed by atoms with Gasteiger partial charge in [-0.1, -0.05) is 20.8 Å². The van der Waals surface area contributed by atoms with Crippen molar-refractivity contribution < 1.29 is 9.90 Å². The number of aryl methyl sites for hydroxylation is 1. The van der Waals surface area contributed by atoms with E-state index in [4.69, 9.17) is 0 Å². The van der Waals surface area contributed by atoms with E-state index < -0.39 is 6.10 Å². The van der Waals surface area contributed by atoms with E-state index in [1.54, 1.807) is 6.07 Å². The third kappa shape index (κ3) is 4.53.